The van der Waals surface area contributed by atoms with Crippen LogP contribution in [0.25, 0.3) is 0 Å². The number of likely N-dealkylation sites (N-methyl/N-ethyl adjacent to an activating group) is 2. The predicted molar refractivity (Wildman–Crippen MR) is 111 cm³/mol. The monoisotopic (exact) mass is 439 g/mol. The van der Waals surface area contributed by atoms with Gasteiger partial charge >= 0.3 is 0 Å². The Morgan fingerprint density at radius 2 is 1.77 bits per heavy atom. The van der Waals surface area contributed by atoms with E-state index < -0.39 is 0 Å². The van der Waals surface area contributed by atoms with Gasteiger partial charge in [-0.15, -0.1) is 0 Å². The van der Waals surface area contributed by atoms with E-state index in [0.717, 1.165) is 31.0 Å². The third-order valence-electron chi connectivity index (χ3n) is 5.71. The zero-order valence-corrected chi connectivity index (χ0v) is 18.7. The summed E-state index contributed by atoms with van der Waals surface area (Å²) < 4.78 is 14.5. The summed E-state index contributed by atoms with van der Waals surface area (Å²) in [5.74, 6) is -0.0822. The molecule has 0 bridgehead atoms. The van der Waals surface area contributed by atoms with Gasteiger partial charge in [-0.25, -0.2) is 0 Å². The van der Waals surface area contributed by atoms with E-state index >= 15 is 0 Å². The first-order chi connectivity index (χ1) is 14.4. The molecule has 2 saturated heterocycles. The van der Waals surface area contributed by atoms with Crippen molar-refractivity contribution < 1.29 is 23.9 Å². The first-order valence-electron chi connectivity index (χ1n) is 10.0. The van der Waals surface area contributed by atoms with Gasteiger partial charge in [-0.05, 0) is 13.0 Å². The molecule has 1 unspecified atom stereocenters. The van der Waals surface area contributed by atoms with Crippen molar-refractivity contribution >= 4 is 29.3 Å². The van der Waals surface area contributed by atoms with Gasteiger partial charge in [0.15, 0.2) is 5.56 Å². The Morgan fingerprint density at radius 3 is 2.30 bits per heavy atom. The first kappa shape index (κ1) is 22.3. The molecule has 30 heavy (non-hydrogen) atoms. The molecule has 2 fully saturated rings. The number of likely N-dealkylation sites (tertiary alicyclic amines) is 1. The number of ether oxygens (including phenoxy) is 2. The maximum atomic E-state index is 12.9. The minimum Gasteiger partial charge on any atom is -0.485 e. The lowest BCUT2D eigenvalue weighted by Gasteiger charge is -2.41. The van der Waals surface area contributed by atoms with Crippen LogP contribution in [0, 0.1) is 0 Å². The fourth-order valence-electron chi connectivity index (χ4n) is 3.77. The van der Waals surface area contributed by atoms with E-state index in [-0.39, 0.29) is 36.2 Å². The number of amides is 3. The fraction of sp³-hybridized carbons (Fsp3) is 0.684. The van der Waals surface area contributed by atoms with Crippen molar-refractivity contribution in [3.8, 4) is 10.9 Å². The molecule has 3 heterocycles. The highest BCUT2D eigenvalue weighted by Crippen LogP contribution is 2.33. The molecule has 10 nitrogen and oxygen atoms in total. The molecule has 0 saturated carbocycles. The third-order valence-corrected chi connectivity index (χ3v) is 6.51. The number of hydrogen-bond donors (Lipinski definition) is 0. The van der Waals surface area contributed by atoms with Crippen LogP contribution in [-0.2, 0) is 9.59 Å². The van der Waals surface area contributed by atoms with E-state index in [2.05, 4.69) is 9.27 Å². The van der Waals surface area contributed by atoms with Crippen molar-refractivity contribution in [3.63, 3.8) is 0 Å². The Bertz CT molecular complexity index is 769. The van der Waals surface area contributed by atoms with Crippen molar-refractivity contribution in [2.75, 3.05) is 67.1 Å². The van der Waals surface area contributed by atoms with Gasteiger partial charge < -0.3 is 24.2 Å². The lowest BCUT2D eigenvalue weighted by Crippen LogP contribution is -2.58. The highest BCUT2D eigenvalue weighted by Gasteiger charge is 2.36. The SMILES string of the molecule is CCN1CCC1C(=O)N(C)CC(=O)N1CCN(C(=O)c2c(OC)nsc2OC)CC1. The van der Waals surface area contributed by atoms with Crippen molar-refractivity contribution in [2.45, 2.75) is 19.4 Å². The van der Waals surface area contributed by atoms with E-state index in [1.807, 2.05) is 6.92 Å². The molecule has 1 aromatic heterocycles. The Hall–Kier alpha value is -2.40. The highest BCUT2D eigenvalue weighted by molar-refractivity contribution is 7.08. The second-order valence-corrected chi connectivity index (χ2v) is 8.09. The second-order valence-electron chi connectivity index (χ2n) is 7.36. The van der Waals surface area contributed by atoms with Gasteiger partial charge in [0.2, 0.25) is 22.8 Å². The summed E-state index contributed by atoms with van der Waals surface area (Å²) >= 11 is 1.07. The molecule has 166 valence electrons. The van der Waals surface area contributed by atoms with Gasteiger partial charge in [0.05, 0.1) is 26.8 Å². The number of hydrogen-bond acceptors (Lipinski definition) is 8. The maximum absolute atomic E-state index is 12.9. The third kappa shape index (κ3) is 4.36. The van der Waals surface area contributed by atoms with Crippen LogP contribution >= 0.6 is 11.5 Å². The number of nitrogens with zero attached hydrogens (tertiary/aromatic N) is 5. The average molecular weight is 440 g/mol. The van der Waals surface area contributed by atoms with Gasteiger partial charge in [0, 0.05) is 51.3 Å². The molecule has 2 aliphatic rings. The summed E-state index contributed by atoms with van der Waals surface area (Å²) in [6, 6.07) is -0.105. The standard InChI is InChI=1S/C19H29N5O5S/c1-5-22-7-6-13(22)17(26)21(2)12-14(25)23-8-10-24(11-9-23)18(27)15-16(28-3)20-30-19(15)29-4/h13H,5-12H2,1-4H3. The van der Waals surface area contributed by atoms with Crippen LogP contribution in [-0.4, -0.2) is 115 Å². The molecular formula is C19H29N5O5S. The van der Waals surface area contributed by atoms with Crippen molar-refractivity contribution in [2.24, 2.45) is 0 Å². The van der Waals surface area contributed by atoms with Crippen LogP contribution < -0.4 is 9.47 Å². The van der Waals surface area contributed by atoms with Crippen LogP contribution in [0.1, 0.15) is 23.7 Å². The topological polar surface area (TPSA) is 95.5 Å². The Labute approximate surface area is 180 Å². The normalized spacial score (nSPS) is 19.3. The summed E-state index contributed by atoms with van der Waals surface area (Å²) in [6.07, 6.45) is 0.844. The van der Waals surface area contributed by atoms with Crippen molar-refractivity contribution in [1.29, 1.82) is 0 Å². The van der Waals surface area contributed by atoms with Gasteiger partial charge in [0.25, 0.3) is 5.91 Å². The summed E-state index contributed by atoms with van der Waals surface area (Å²) in [7, 11) is 4.62. The Kier molecular flexibility index (Phi) is 7.14. The summed E-state index contributed by atoms with van der Waals surface area (Å²) in [5, 5.41) is 0.410. The number of rotatable bonds is 7. The number of aromatic nitrogens is 1. The average Bonchev–Trinajstić information content (AvgIpc) is 3.15. The molecule has 11 heteroatoms. The van der Waals surface area contributed by atoms with Gasteiger partial charge in [0.1, 0.15) is 0 Å². The molecule has 1 atom stereocenters. The molecule has 3 amide bonds. The summed E-state index contributed by atoms with van der Waals surface area (Å²) in [6.45, 7) is 5.48. The molecule has 0 aliphatic carbocycles. The molecule has 3 rings (SSSR count). The van der Waals surface area contributed by atoms with Crippen molar-refractivity contribution in [1.82, 2.24) is 24.0 Å². The van der Waals surface area contributed by atoms with Crippen LogP contribution in [0.15, 0.2) is 0 Å². The lowest BCUT2D eigenvalue weighted by atomic mass is 10.0. The minimum absolute atomic E-state index is 0.00517. The maximum Gasteiger partial charge on any atom is 0.264 e. The van der Waals surface area contributed by atoms with Crippen molar-refractivity contribution in [3.05, 3.63) is 5.56 Å². The quantitative estimate of drug-likeness (QED) is 0.590. The molecule has 0 spiro atoms. The van der Waals surface area contributed by atoms with Crippen LogP contribution in [0.3, 0.4) is 0 Å². The Balaban J connectivity index is 1.52. The smallest absolute Gasteiger partial charge is 0.264 e. The van der Waals surface area contributed by atoms with Crippen LogP contribution in [0.2, 0.25) is 0 Å². The molecular weight excluding hydrogens is 410 g/mol. The van der Waals surface area contributed by atoms with Crippen LogP contribution in [0.4, 0.5) is 0 Å². The predicted octanol–water partition coefficient (Wildman–Crippen LogP) is -0.00270. The molecule has 2 aliphatic heterocycles. The summed E-state index contributed by atoms with van der Waals surface area (Å²) in [4.78, 5) is 45.1. The van der Waals surface area contributed by atoms with E-state index in [0.29, 0.717) is 36.8 Å². The molecule has 0 N–H and O–H groups in total. The minimum atomic E-state index is -0.221. The molecule has 0 radical (unpaired) electrons. The number of methoxy groups -OCH3 is 2. The van der Waals surface area contributed by atoms with Crippen LogP contribution in [0.5, 0.6) is 10.9 Å². The highest BCUT2D eigenvalue weighted by atomic mass is 32.1. The zero-order chi connectivity index (χ0) is 21.8. The first-order valence-corrected chi connectivity index (χ1v) is 10.8. The summed E-state index contributed by atoms with van der Waals surface area (Å²) in [5.41, 5.74) is 0.316. The fourth-order valence-corrected chi connectivity index (χ4v) is 4.44. The van der Waals surface area contributed by atoms with Gasteiger partial charge in [-0.2, -0.15) is 4.37 Å². The van der Waals surface area contributed by atoms with E-state index in [9.17, 15) is 14.4 Å². The number of piperazine rings is 1. The Morgan fingerprint density at radius 1 is 1.10 bits per heavy atom. The lowest BCUT2D eigenvalue weighted by molar-refractivity contribution is -0.146. The van der Waals surface area contributed by atoms with E-state index in [1.54, 1.807) is 16.8 Å². The van der Waals surface area contributed by atoms with Gasteiger partial charge in [-0.1, -0.05) is 6.92 Å². The number of carbonyl (C=O) groups excluding carboxylic acids is 3. The van der Waals surface area contributed by atoms with E-state index in [1.165, 1.54) is 19.1 Å². The number of carbonyl (C=O) groups is 3. The zero-order valence-electron chi connectivity index (χ0n) is 17.9. The second kappa shape index (κ2) is 9.61. The molecule has 0 aromatic carbocycles. The van der Waals surface area contributed by atoms with Gasteiger partial charge in [-0.3, -0.25) is 19.3 Å². The molecule has 1 aromatic rings. The largest absolute Gasteiger partial charge is 0.485 e. The van der Waals surface area contributed by atoms with E-state index in [4.69, 9.17) is 9.47 Å².